The maximum absolute atomic E-state index is 13.2. The largest absolute Gasteiger partial charge is 0.489 e. The van der Waals surface area contributed by atoms with E-state index in [4.69, 9.17) is 16.3 Å². The summed E-state index contributed by atoms with van der Waals surface area (Å²) in [5.74, 6) is -0.223. The van der Waals surface area contributed by atoms with Crippen LogP contribution in [0.15, 0.2) is 18.2 Å². The molecule has 0 aliphatic heterocycles. The molecule has 0 saturated heterocycles. The zero-order valence-electron chi connectivity index (χ0n) is 8.22. The van der Waals surface area contributed by atoms with Crippen molar-refractivity contribution < 1.29 is 9.13 Å². The third-order valence-corrected chi connectivity index (χ3v) is 2.21. The van der Waals surface area contributed by atoms with Gasteiger partial charge in [-0.05, 0) is 18.6 Å². The Bertz CT molecular complexity index is 268. The van der Waals surface area contributed by atoms with E-state index < -0.39 is 5.82 Å². The molecule has 0 heterocycles. The average molecular weight is 217 g/mol. The quantitative estimate of drug-likeness (QED) is 0.675. The van der Waals surface area contributed by atoms with Gasteiger partial charge in [-0.15, -0.1) is 0 Å². The molecule has 0 bridgehead atoms. The van der Waals surface area contributed by atoms with Gasteiger partial charge in [-0.3, -0.25) is 0 Å². The molecule has 3 heteroatoms. The molecule has 0 N–H and O–H groups in total. The second kappa shape index (κ2) is 5.86. The van der Waals surface area contributed by atoms with Gasteiger partial charge < -0.3 is 4.74 Å². The molecule has 0 aliphatic rings. The summed E-state index contributed by atoms with van der Waals surface area (Å²) < 4.78 is 18.4. The van der Waals surface area contributed by atoms with E-state index in [9.17, 15) is 4.39 Å². The summed E-state index contributed by atoms with van der Waals surface area (Å²) in [6, 6.07) is 4.54. The van der Waals surface area contributed by atoms with Crippen LogP contribution in [0.1, 0.15) is 26.2 Å². The Kier molecular flexibility index (Phi) is 4.74. The van der Waals surface area contributed by atoms with Gasteiger partial charge in [0.05, 0.1) is 11.6 Å². The van der Waals surface area contributed by atoms with Gasteiger partial charge in [0.15, 0.2) is 11.6 Å². The Hall–Kier alpha value is -0.760. The van der Waals surface area contributed by atoms with Crippen molar-refractivity contribution in [2.24, 2.45) is 0 Å². The zero-order chi connectivity index (χ0) is 10.4. The molecule has 78 valence electrons. The van der Waals surface area contributed by atoms with E-state index in [1.807, 2.05) is 0 Å². The van der Waals surface area contributed by atoms with Crippen molar-refractivity contribution in [1.82, 2.24) is 0 Å². The van der Waals surface area contributed by atoms with Crippen LogP contribution in [0.5, 0.6) is 5.75 Å². The summed E-state index contributed by atoms with van der Waals surface area (Å²) in [5, 5.41) is 0.335. The Labute approximate surface area is 88.8 Å². The summed E-state index contributed by atoms with van der Waals surface area (Å²) in [6.07, 6.45) is 3.14. The molecule has 0 unspecified atom stereocenters. The monoisotopic (exact) mass is 216 g/mol. The molecule has 1 nitrogen and oxygen atoms in total. The van der Waals surface area contributed by atoms with Crippen LogP contribution in [0.3, 0.4) is 0 Å². The van der Waals surface area contributed by atoms with E-state index in [1.54, 1.807) is 12.1 Å². The molecule has 14 heavy (non-hydrogen) atoms. The van der Waals surface area contributed by atoms with E-state index in [2.05, 4.69) is 6.92 Å². The third-order valence-electron chi connectivity index (χ3n) is 1.91. The zero-order valence-corrected chi connectivity index (χ0v) is 8.98. The lowest BCUT2D eigenvalue weighted by Crippen LogP contribution is -1.99. The van der Waals surface area contributed by atoms with Crippen molar-refractivity contribution in [3.63, 3.8) is 0 Å². The lowest BCUT2D eigenvalue weighted by Gasteiger charge is -2.07. The second-order valence-electron chi connectivity index (χ2n) is 3.11. The minimum absolute atomic E-state index is 0.172. The van der Waals surface area contributed by atoms with Crippen molar-refractivity contribution in [1.29, 1.82) is 0 Å². The van der Waals surface area contributed by atoms with Gasteiger partial charge in [-0.2, -0.15) is 0 Å². The van der Waals surface area contributed by atoms with E-state index in [0.29, 0.717) is 11.6 Å². The number of halogens is 2. The Balaban J connectivity index is 2.49. The topological polar surface area (TPSA) is 9.23 Å². The average Bonchev–Trinajstić information content (AvgIpc) is 2.16. The van der Waals surface area contributed by atoms with Crippen molar-refractivity contribution in [2.45, 2.75) is 26.2 Å². The van der Waals surface area contributed by atoms with Crippen LogP contribution < -0.4 is 4.74 Å². The highest BCUT2D eigenvalue weighted by atomic mass is 35.5. The van der Waals surface area contributed by atoms with Crippen LogP contribution in [0.2, 0.25) is 5.02 Å². The maximum Gasteiger partial charge on any atom is 0.173 e. The van der Waals surface area contributed by atoms with E-state index in [1.165, 1.54) is 6.07 Å². The van der Waals surface area contributed by atoms with E-state index in [-0.39, 0.29) is 5.75 Å². The van der Waals surface area contributed by atoms with Crippen molar-refractivity contribution in [3.8, 4) is 5.75 Å². The molecule has 0 amide bonds. The molecule has 0 aliphatic carbocycles. The van der Waals surface area contributed by atoms with Gasteiger partial charge in [0.25, 0.3) is 0 Å². The highest BCUT2D eigenvalue weighted by Crippen LogP contribution is 2.27. The van der Waals surface area contributed by atoms with Crippen LogP contribution in [-0.2, 0) is 0 Å². The molecule has 0 spiro atoms. The molecule has 1 aromatic rings. The standard InChI is InChI=1S/C11H14ClFO/c1-2-3-4-8-14-11-9(12)6-5-7-10(11)13/h5-7H,2-4,8H2,1H3. The van der Waals surface area contributed by atoms with Gasteiger partial charge in [-0.25, -0.2) is 4.39 Å². The van der Waals surface area contributed by atoms with Gasteiger partial charge in [0, 0.05) is 0 Å². The summed E-state index contributed by atoms with van der Waals surface area (Å²) >= 11 is 5.78. The SMILES string of the molecule is CCCCCOc1c(F)cccc1Cl. The molecular weight excluding hydrogens is 203 g/mol. The normalized spacial score (nSPS) is 10.2. The summed E-state index contributed by atoms with van der Waals surface area (Å²) in [6.45, 7) is 2.63. The fourth-order valence-electron chi connectivity index (χ4n) is 1.15. The first-order valence-corrected chi connectivity index (χ1v) is 5.20. The second-order valence-corrected chi connectivity index (χ2v) is 3.51. The smallest absolute Gasteiger partial charge is 0.173 e. The Morgan fingerprint density at radius 3 is 2.79 bits per heavy atom. The van der Waals surface area contributed by atoms with Crippen molar-refractivity contribution in [2.75, 3.05) is 6.61 Å². The van der Waals surface area contributed by atoms with E-state index in [0.717, 1.165) is 19.3 Å². The van der Waals surface area contributed by atoms with Crippen molar-refractivity contribution >= 4 is 11.6 Å². The molecule has 0 aromatic heterocycles. The number of hydrogen-bond acceptors (Lipinski definition) is 1. The number of ether oxygens (including phenoxy) is 1. The molecule has 0 radical (unpaired) electrons. The molecule has 0 atom stereocenters. The first kappa shape index (κ1) is 11.3. The first-order chi connectivity index (χ1) is 6.75. The first-order valence-electron chi connectivity index (χ1n) is 4.82. The van der Waals surface area contributed by atoms with Crippen LogP contribution in [0, 0.1) is 5.82 Å². The third kappa shape index (κ3) is 3.18. The van der Waals surface area contributed by atoms with Gasteiger partial charge in [0.1, 0.15) is 0 Å². The lowest BCUT2D eigenvalue weighted by molar-refractivity contribution is 0.292. The minimum atomic E-state index is -0.394. The van der Waals surface area contributed by atoms with Crippen LogP contribution in [0.4, 0.5) is 4.39 Å². The number of unbranched alkanes of at least 4 members (excludes halogenated alkanes) is 2. The number of rotatable bonds is 5. The number of hydrogen-bond donors (Lipinski definition) is 0. The molecule has 1 aromatic carbocycles. The van der Waals surface area contributed by atoms with Gasteiger partial charge in [0.2, 0.25) is 0 Å². The molecular formula is C11H14ClFO. The summed E-state index contributed by atoms with van der Waals surface area (Å²) in [7, 11) is 0. The lowest BCUT2D eigenvalue weighted by atomic mass is 10.3. The number of para-hydroxylation sites is 1. The van der Waals surface area contributed by atoms with E-state index >= 15 is 0 Å². The van der Waals surface area contributed by atoms with Gasteiger partial charge in [-0.1, -0.05) is 37.4 Å². The molecule has 1 rings (SSSR count). The Morgan fingerprint density at radius 1 is 1.36 bits per heavy atom. The Morgan fingerprint density at radius 2 is 2.14 bits per heavy atom. The van der Waals surface area contributed by atoms with Crippen molar-refractivity contribution in [3.05, 3.63) is 29.0 Å². The van der Waals surface area contributed by atoms with Gasteiger partial charge >= 0.3 is 0 Å². The van der Waals surface area contributed by atoms with Crippen LogP contribution >= 0.6 is 11.6 Å². The fraction of sp³-hybridized carbons (Fsp3) is 0.455. The van der Waals surface area contributed by atoms with Crippen LogP contribution in [0.25, 0.3) is 0 Å². The highest BCUT2D eigenvalue weighted by Gasteiger charge is 2.06. The predicted molar refractivity (Wildman–Crippen MR) is 56.4 cm³/mol. The predicted octanol–water partition coefficient (Wildman–Crippen LogP) is 4.05. The molecule has 0 saturated carbocycles. The number of benzene rings is 1. The van der Waals surface area contributed by atoms with Crippen LogP contribution in [-0.4, -0.2) is 6.61 Å². The summed E-state index contributed by atoms with van der Waals surface area (Å²) in [5.41, 5.74) is 0. The fourth-order valence-corrected chi connectivity index (χ4v) is 1.36. The minimum Gasteiger partial charge on any atom is -0.489 e. The highest BCUT2D eigenvalue weighted by molar-refractivity contribution is 6.32. The summed E-state index contributed by atoms with van der Waals surface area (Å²) in [4.78, 5) is 0. The molecule has 0 fully saturated rings. The maximum atomic E-state index is 13.2.